The third kappa shape index (κ3) is 5.89. The number of carbonyl (C=O) groups excluding carboxylic acids is 3. The van der Waals surface area contributed by atoms with E-state index < -0.39 is 0 Å². The van der Waals surface area contributed by atoms with Gasteiger partial charge in [-0.1, -0.05) is 29.8 Å². The Morgan fingerprint density at radius 2 is 1.82 bits per heavy atom. The minimum Gasteiger partial charge on any atom is -0.353 e. The molecular weight excluding hydrogens is 464 g/mol. The number of carbonyl (C=O) groups is 3. The number of amides is 3. The molecule has 0 unspecified atom stereocenters. The molecule has 9 nitrogen and oxygen atoms in total. The molecule has 0 bridgehead atoms. The second-order valence-electron chi connectivity index (χ2n) is 7.52. The van der Waals surface area contributed by atoms with Crippen LogP contribution in [0.1, 0.15) is 5.56 Å². The van der Waals surface area contributed by atoms with Gasteiger partial charge in [0.15, 0.2) is 0 Å². The number of benzene rings is 1. The third-order valence-electron chi connectivity index (χ3n) is 5.30. The monoisotopic (exact) mass is 486 g/mol. The molecule has 1 aromatic heterocycles. The van der Waals surface area contributed by atoms with Gasteiger partial charge < -0.3 is 10.2 Å². The van der Waals surface area contributed by atoms with Crippen LogP contribution in [0.15, 0.2) is 47.6 Å². The summed E-state index contributed by atoms with van der Waals surface area (Å²) < 4.78 is 0. The van der Waals surface area contributed by atoms with Crippen LogP contribution in [0, 0.1) is 0 Å². The molecule has 2 aliphatic heterocycles. The van der Waals surface area contributed by atoms with E-state index >= 15 is 0 Å². The molecule has 0 radical (unpaired) electrons. The first kappa shape index (κ1) is 23.2. The van der Waals surface area contributed by atoms with Gasteiger partial charge in [0, 0.05) is 56.7 Å². The van der Waals surface area contributed by atoms with E-state index in [1.54, 1.807) is 42.7 Å². The first-order valence-electron chi connectivity index (χ1n) is 10.5. The Labute approximate surface area is 200 Å². The molecule has 1 N–H and O–H groups in total. The van der Waals surface area contributed by atoms with Crippen LogP contribution in [0.4, 0.5) is 10.7 Å². The number of piperazine rings is 1. The standard InChI is InChI=1S/C22H23ClN6O3S/c23-17-5-2-1-4-16(17)14-18-20(31)29(22(32)33-18)9-8-24-19(30)15-27-10-12-28(13-11-27)21-25-6-3-7-26-21/h1-7,14H,8-13,15H2,(H,24,30)/b18-14-. The Morgan fingerprint density at radius 3 is 2.55 bits per heavy atom. The molecule has 3 amide bonds. The topological polar surface area (TPSA) is 98.7 Å². The van der Waals surface area contributed by atoms with E-state index in [0.717, 1.165) is 42.8 Å². The predicted octanol–water partition coefficient (Wildman–Crippen LogP) is 2.10. The van der Waals surface area contributed by atoms with Crippen LogP contribution in [-0.4, -0.2) is 82.6 Å². The van der Waals surface area contributed by atoms with Gasteiger partial charge in [-0.05, 0) is 35.5 Å². The predicted molar refractivity (Wildman–Crippen MR) is 128 cm³/mol. The molecule has 2 fully saturated rings. The zero-order chi connectivity index (χ0) is 23.2. The van der Waals surface area contributed by atoms with Crippen molar-refractivity contribution in [3.05, 3.63) is 58.2 Å². The average molecular weight is 487 g/mol. The van der Waals surface area contributed by atoms with Gasteiger partial charge in [-0.3, -0.25) is 24.2 Å². The maximum Gasteiger partial charge on any atom is 0.293 e. The lowest BCUT2D eigenvalue weighted by molar-refractivity contribution is -0.124. The molecule has 33 heavy (non-hydrogen) atoms. The summed E-state index contributed by atoms with van der Waals surface area (Å²) in [5, 5.41) is 2.95. The van der Waals surface area contributed by atoms with E-state index in [1.165, 1.54) is 0 Å². The summed E-state index contributed by atoms with van der Waals surface area (Å²) in [6.07, 6.45) is 5.05. The lowest BCUT2D eigenvalue weighted by Gasteiger charge is -2.34. The molecule has 172 valence electrons. The molecule has 3 heterocycles. The van der Waals surface area contributed by atoms with Crippen LogP contribution >= 0.6 is 23.4 Å². The normalized spacial score (nSPS) is 18.3. The fourth-order valence-corrected chi connectivity index (χ4v) is 4.60. The Balaban J connectivity index is 1.21. The summed E-state index contributed by atoms with van der Waals surface area (Å²) in [5.74, 6) is 0.179. The van der Waals surface area contributed by atoms with Crippen molar-refractivity contribution < 1.29 is 14.4 Å². The highest BCUT2D eigenvalue weighted by Crippen LogP contribution is 2.33. The molecular formula is C22H23ClN6O3S. The van der Waals surface area contributed by atoms with Gasteiger partial charge >= 0.3 is 0 Å². The van der Waals surface area contributed by atoms with Gasteiger partial charge in [0.05, 0.1) is 11.4 Å². The first-order valence-corrected chi connectivity index (χ1v) is 11.7. The number of nitrogens with one attached hydrogen (secondary N) is 1. The molecule has 0 atom stereocenters. The second-order valence-corrected chi connectivity index (χ2v) is 8.92. The van der Waals surface area contributed by atoms with E-state index in [9.17, 15) is 14.4 Å². The summed E-state index contributed by atoms with van der Waals surface area (Å²) >= 11 is 7.01. The van der Waals surface area contributed by atoms with Crippen LogP contribution in [0.2, 0.25) is 5.02 Å². The Morgan fingerprint density at radius 1 is 1.09 bits per heavy atom. The van der Waals surface area contributed by atoms with Gasteiger partial charge in [0.2, 0.25) is 11.9 Å². The van der Waals surface area contributed by atoms with Crippen molar-refractivity contribution in [3.8, 4) is 0 Å². The summed E-state index contributed by atoms with van der Waals surface area (Å²) in [6.45, 7) is 3.52. The SMILES string of the molecule is O=C(CN1CCN(c2ncccn2)CC1)NCCN1C(=O)S/C(=C\c2ccccc2Cl)C1=O. The lowest BCUT2D eigenvalue weighted by Crippen LogP contribution is -2.50. The highest BCUT2D eigenvalue weighted by Gasteiger charge is 2.34. The van der Waals surface area contributed by atoms with Crippen molar-refractivity contribution >= 4 is 52.4 Å². The van der Waals surface area contributed by atoms with Crippen molar-refractivity contribution in [2.75, 3.05) is 50.7 Å². The zero-order valence-electron chi connectivity index (χ0n) is 17.8. The number of thioether (sulfide) groups is 1. The minimum atomic E-state index is -0.376. The van der Waals surface area contributed by atoms with Crippen molar-refractivity contribution in [3.63, 3.8) is 0 Å². The molecule has 4 rings (SSSR count). The number of halogens is 1. The first-order chi connectivity index (χ1) is 16.0. The Kier molecular flexibility index (Phi) is 7.58. The van der Waals surface area contributed by atoms with Crippen LogP contribution in [0.25, 0.3) is 6.08 Å². The number of rotatable bonds is 7. The van der Waals surface area contributed by atoms with E-state index in [-0.39, 0.29) is 36.7 Å². The largest absolute Gasteiger partial charge is 0.353 e. The number of hydrogen-bond acceptors (Lipinski definition) is 8. The van der Waals surface area contributed by atoms with Gasteiger partial charge in [-0.25, -0.2) is 9.97 Å². The number of nitrogens with zero attached hydrogens (tertiary/aromatic N) is 5. The number of anilines is 1. The maximum absolute atomic E-state index is 12.6. The molecule has 2 aliphatic rings. The Hall–Kier alpha value is -2.95. The lowest BCUT2D eigenvalue weighted by atomic mass is 10.2. The van der Waals surface area contributed by atoms with Crippen molar-refractivity contribution in [2.45, 2.75) is 0 Å². The summed E-state index contributed by atoms with van der Waals surface area (Å²) in [6, 6.07) is 8.90. The van der Waals surface area contributed by atoms with E-state index in [1.807, 2.05) is 6.07 Å². The van der Waals surface area contributed by atoms with Gasteiger partial charge in [-0.15, -0.1) is 0 Å². The van der Waals surface area contributed by atoms with E-state index in [4.69, 9.17) is 11.6 Å². The molecule has 1 aromatic carbocycles. The maximum atomic E-state index is 12.6. The van der Waals surface area contributed by atoms with E-state index in [2.05, 4.69) is 25.1 Å². The summed E-state index contributed by atoms with van der Waals surface area (Å²) in [5.41, 5.74) is 0.678. The molecule has 11 heteroatoms. The Bertz CT molecular complexity index is 1060. The fourth-order valence-electron chi connectivity index (χ4n) is 3.55. The average Bonchev–Trinajstić information content (AvgIpc) is 3.09. The van der Waals surface area contributed by atoms with Crippen LogP contribution in [0.3, 0.4) is 0 Å². The highest BCUT2D eigenvalue weighted by atomic mass is 35.5. The van der Waals surface area contributed by atoms with E-state index in [0.29, 0.717) is 21.4 Å². The zero-order valence-corrected chi connectivity index (χ0v) is 19.4. The summed E-state index contributed by atoms with van der Waals surface area (Å²) in [4.78, 5) is 51.3. The highest BCUT2D eigenvalue weighted by molar-refractivity contribution is 8.18. The van der Waals surface area contributed by atoms with Gasteiger partial charge in [0.25, 0.3) is 11.1 Å². The minimum absolute atomic E-state index is 0.120. The fraction of sp³-hybridized carbons (Fsp3) is 0.318. The van der Waals surface area contributed by atoms with Crippen molar-refractivity contribution in [1.29, 1.82) is 0 Å². The molecule has 2 saturated heterocycles. The number of imide groups is 1. The van der Waals surface area contributed by atoms with Gasteiger partial charge in [-0.2, -0.15) is 0 Å². The quantitative estimate of drug-likeness (QED) is 0.594. The summed E-state index contributed by atoms with van der Waals surface area (Å²) in [7, 11) is 0. The molecule has 0 spiro atoms. The second kappa shape index (κ2) is 10.8. The van der Waals surface area contributed by atoms with Crippen molar-refractivity contribution in [1.82, 2.24) is 25.1 Å². The van der Waals surface area contributed by atoms with Gasteiger partial charge in [0.1, 0.15) is 0 Å². The van der Waals surface area contributed by atoms with Crippen molar-refractivity contribution in [2.24, 2.45) is 0 Å². The number of hydrogen-bond donors (Lipinski definition) is 1. The third-order valence-corrected chi connectivity index (χ3v) is 6.55. The molecule has 2 aromatic rings. The van der Waals surface area contributed by atoms with Crippen LogP contribution in [0.5, 0.6) is 0 Å². The van der Waals surface area contributed by atoms with Crippen LogP contribution < -0.4 is 10.2 Å². The smallest absolute Gasteiger partial charge is 0.293 e. The van der Waals surface area contributed by atoms with Crippen LogP contribution in [-0.2, 0) is 9.59 Å². The molecule has 0 saturated carbocycles. The number of aromatic nitrogens is 2. The molecule has 0 aliphatic carbocycles.